The van der Waals surface area contributed by atoms with Crippen molar-refractivity contribution < 1.29 is 17.9 Å². The smallest absolute Gasteiger partial charge is 0.261 e. The first-order valence-electron chi connectivity index (χ1n) is 6.96. The molecule has 0 N–H and O–H groups in total. The lowest BCUT2D eigenvalue weighted by Crippen LogP contribution is -2.15. The average Bonchev–Trinajstić information content (AvgIpc) is 2.36. The predicted octanol–water partition coefficient (Wildman–Crippen LogP) is 3.72. The molecule has 0 unspecified atom stereocenters. The number of hydrogen-bond acceptors (Lipinski definition) is 4. The summed E-state index contributed by atoms with van der Waals surface area (Å²) in [5.74, 6) is 0.683. The summed E-state index contributed by atoms with van der Waals surface area (Å²) >= 11 is 0. The van der Waals surface area contributed by atoms with E-state index in [1.165, 1.54) is 6.07 Å². The molecule has 0 atom stereocenters. The van der Waals surface area contributed by atoms with Gasteiger partial charge in [-0.1, -0.05) is 20.8 Å². The molecule has 0 aliphatic carbocycles. The summed E-state index contributed by atoms with van der Waals surface area (Å²) in [6.45, 7) is 9.81. The number of ether oxygens (including phenoxy) is 2. The van der Waals surface area contributed by atoms with Crippen LogP contribution in [0.15, 0.2) is 23.1 Å². The van der Waals surface area contributed by atoms with Gasteiger partial charge in [-0.3, -0.25) is 0 Å². The van der Waals surface area contributed by atoms with Crippen LogP contribution in [0.25, 0.3) is 0 Å². The Morgan fingerprint density at radius 2 is 1.86 bits per heavy atom. The molecule has 0 heterocycles. The van der Waals surface area contributed by atoms with E-state index < -0.39 is 9.05 Å². The summed E-state index contributed by atoms with van der Waals surface area (Å²) in [6, 6.07) is 4.71. The lowest BCUT2D eigenvalue weighted by molar-refractivity contribution is 0.130. The molecule has 0 fully saturated rings. The maximum atomic E-state index is 11.5. The highest BCUT2D eigenvalue weighted by Crippen LogP contribution is 2.34. The van der Waals surface area contributed by atoms with Gasteiger partial charge in [-0.15, -0.1) is 0 Å². The number of benzene rings is 1. The fraction of sp³-hybridized carbons (Fsp3) is 0.600. The van der Waals surface area contributed by atoms with E-state index in [0.717, 1.165) is 12.0 Å². The SMILES string of the molecule is CCOCCCOc1ccc(S(=O)(=O)Cl)cc1C(C)(C)C. The topological polar surface area (TPSA) is 52.6 Å². The minimum Gasteiger partial charge on any atom is -0.493 e. The Hall–Kier alpha value is -0.780. The fourth-order valence-corrected chi connectivity index (χ4v) is 2.64. The molecule has 0 radical (unpaired) electrons. The molecule has 21 heavy (non-hydrogen) atoms. The molecule has 0 bridgehead atoms. The van der Waals surface area contributed by atoms with Gasteiger partial charge in [0, 0.05) is 35.9 Å². The Kier molecular flexibility index (Phi) is 6.50. The fourth-order valence-electron chi connectivity index (χ4n) is 1.86. The maximum Gasteiger partial charge on any atom is 0.261 e. The van der Waals surface area contributed by atoms with Gasteiger partial charge in [0.25, 0.3) is 9.05 Å². The minimum absolute atomic E-state index is 0.0933. The van der Waals surface area contributed by atoms with Crippen molar-refractivity contribution in [1.82, 2.24) is 0 Å². The van der Waals surface area contributed by atoms with Crippen molar-refractivity contribution >= 4 is 19.7 Å². The van der Waals surface area contributed by atoms with Crippen LogP contribution in [-0.2, 0) is 19.2 Å². The van der Waals surface area contributed by atoms with Crippen molar-refractivity contribution in [2.75, 3.05) is 19.8 Å². The molecule has 1 rings (SSSR count). The molecule has 0 saturated carbocycles. The molecular weight excluding hydrogens is 312 g/mol. The van der Waals surface area contributed by atoms with Crippen molar-refractivity contribution in [1.29, 1.82) is 0 Å². The van der Waals surface area contributed by atoms with Gasteiger partial charge in [-0.25, -0.2) is 8.42 Å². The van der Waals surface area contributed by atoms with Crippen LogP contribution in [0, 0.1) is 0 Å². The Morgan fingerprint density at radius 1 is 1.19 bits per heavy atom. The molecule has 0 amide bonds. The highest BCUT2D eigenvalue weighted by molar-refractivity contribution is 8.13. The summed E-state index contributed by atoms with van der Waals surface area (Å²) in [6.07, 6.45) is 0.785. The largest absolute Gasteiger partial charge is 0.493 e. The summed E-state index contributed by atoms with van der Waals surface area (Å²) in [4.78, 5) is 0.0933. The molecule has 120 valence electrons. The summed E-state index contributed by atoms with van der Waals surface area (Å²) in [5.41, 5.74) is 0.577. The molecular formula is C15H23ClO4S. The van der Waals surface area contributed by atoms with E-state index in [1.54, 1.807) is 12.1 Å². The van der Waals surface area contributed by atoms with Gasteiger partial charge in [-0.2, -0.15) is 0 Å². The average molecular weight is 335 g/mol. The molecule has 0 aliphatic rings. The van der Waals surface area contributed by atoms with Crippen molar-refractivity contribution in [2.24, 2.45) is 0 Å². The van der Waals surface area contributed by atoms with E-state index >= 15 is 0 Å². The van der Waals surface area contributed by atoms with Gasteiger partial charge in [0.05, 0.1) is 11.5 Å². The third-order valence-corrected chi connectivity index (χ3v) is 4.29. The van der Waals surface area contributed by atoms with Crippen LogP contribution in [-0.4, -0.2) is 28.2 Å². The minimum atomic E-state index is -3.74. The van der Waals surface area contributed by atoms with Gasteiger partial charge in [0.2, 0.25) is 0 Å². The second kappa shape index (κ2) is 7.47. The van der Waals surface area contributed by atoms with Gasteiger partial charge in [-0.05, 0) is 30.5 Å². The second-order valence-electron chi connectivity index (χ2n) is 5.74. The van der Waals surface area contributed by atoms with E-state index in [4.69, 9.17) is 20.2 Å². The first-order valence-corrected chi connectivity index (χ1v) is 9.27. The normalized spacial score (nSPS) is 12.4. The highest BCUT2D eigenvalue weighted by atomic mass is 35.7. The van der Waals surface area contributed by atoms with Gasteiger partial charge < -0.3 is 9.47 Å². The number of halogens is 1. The third-order valence-electron chi connectivity index (χ3n) is 2.94. The first-order chi connectivity index (χ1) is 9.66. The van der Waals surface area contributed by atoms with Crippen LogP contribution in [0.5, 0.6) is 5.75 Å². The Labute approximate surface area is 131 Å². The molecule has 1 aromatic carbocycles. The molecule has 0 aliphatic heterocycles. The molecule has 4 nitrogen and oxygen atoms in total. The van der Waals surface area contributed by atoms with E-state index in [9.17, 15) is 8.42 Å². The lowest BCUT2D eigenvalue weighted by Gasteiger charge is -2.23. The maximum absolute atomic E-state index is 11.5. The number of rotatable bonds is 7. The Balaban J connectivity index is 2.93. The first kappa shape index (κ1) is 18.3. The molecule has 0 spiro atoms. The molecule has 0 aromatic heterocycles. The highest BCUT2D eigenvalue weighted by Gasteiger charge is 2.22. The third kappa shape index (κ3) is 5.85. The standard InChI is InChI=1S/C15H23ClO4S/c1-5-19-9-6-10-20-14-8-7-12(21(16,17)18)11-13(14)15(2,3)4/h7-8,11H,5-6,9-10H2,1-4H3. The Bertz CT molecular complexity index is 562. The van der Waals surface area contributed by atoms with E-state index in [2.05, 4.69) is 0 Å². The van der Waals surface area contributed by atoms with Crippen LogP contribution in [0.2, 0.25) is 0 Å². The van der Waals surface area contributed by atoms with Crippen LogP contribution < -0.4 is 4.74 Å². The summed E-state index contributed by atoms with van der Waals surface area (Å²) in [7, 11) is 1.67. The zero-order valence-corrected chi connectivity index (χ0v) is 14.6. The van der Waals surface area contributed by atoms with Crippen molar-refractivity contribution in [2.45, 2.75) is 44.4 Å². The zero-order chi connectivity index (χ0) is 16.1. The van der Waals surface area contributed by atoms with E-state index in [1.807, 2.05) is 27.7 Å². The molecule has 0 saturated heterocycles. The van der Waals surface area contributed by atoms with E-state index in [0.29, 0.717) is 25.6 Å². The second-order valence-corrected chi connectivity index (χ2v) is 8.31. The van der Waals surface area contributed by atoms with Crippen molar-refractivity contribution in [3.63, 3.8) is 0 Å². The van der Waals surface area contributed by atoms with Gasteiger partial charge in [0.1, 0.15) is 5.75 Å². The van der Waals surface area contributed by atoms with Crippen LogP contribution >= 0.6 is 10.7 Å². The monoisotopic (exact) mass is 334 g/mol. The Morgan fingerprint density at radius 3 is 2.38 bits per heavy atom. The summed E-state index contributed by atoms with van der Waals surface area (Å²) < 4.78 is 33.9. The lowest BCUT2D eigenvalue weighted by atomic mass is 9.86. The number of hydrogen-bond donors (Lipinski definition) is 0. The summed E-state index contributed by atoms with van der Waals surface area (Å²) in [5, 5.41) is 0. The van der Waals surface area contributed by atoms with Crippen LogP contribution in [0.1, 0.15) is 39.7 Å². The van der Waals surface area contributed by atoms with Crippen LogP contribution in [0.3, 0.4) is 0 Å². The zero-order valence-electron chi connectivity index (χ0n) is 13.0. The van der Waals surface area contributed by atoms with Gasteiger partial charge >= 0.3 is 0 Å². The van der Waals surface area contributed by atoms with Crippen molar-refractivity contribution in [3.8, 4) is 5.75 Å². The molecule has 6 heteroatoms. The van der Waals surface area contributed by atoms with Gasteiger partial charge in [0.15, 0.2) is 0 Å². The van der Waals surface area contributed by atoms with Crippen LogP contribution in [0.4, 0.5) is 0 Å². The molecule has 1 aromatic rings. The quantitative estimate of drug-likeness (QED) is 0.563. The predicted molar refractivity (Wildman–Crippen MR) is 84.8 cm³/mol. The van der Waals surface area contributed by atoms with Crippen molar-refractivity contribution in [3.05, 3.63) is 23.8 Å². The van der Waals surface area contributed by atoms with E-state index in [-0.39, 0.29) is 10.3 Å².